The Morgan fingerprint density at radius 2 is 2.08 bits per heavy atom. The number of aromatic nitrogens is 5. The molecule has 0 aliphatic carbocycles. The molecular weight excluding hydrogens is 486 g/mol. The van der Waals surface area contributed by atoms with E-state index in [2.05, 4.69) is 41.9 Å². The summed E-state index contributed by atoms with van der Waals surface area (Å²) in [5.74, 6) is 1.06. The van der Waals surface area contributed by atoms with Crippen LogP contribution in [0.1, 0.15) is 19.2 Å². The number of fused-ring (bicyclic) bond motifs is 1. The Hall–Kier alpha value is -3.55. The van der Waals surface area contributed by atoms with Crippen LogP contribution in [-0.4, -0.2) is 77.9 Å². The first-order valence-electron chi connectivity index (χ1n) is 11.5. The lowest BCUT2D eigenvalue weighted by Crippen LogP contribution is -2.41. The summed E-state index contributed by atoms with van der Waals surface area (Å²) in [6, 6.07) is 5.45. The number of pyridine rings is 1. The predicted octanol–water partition coefficient (Wildman–Crippen LogP) is 2.67. The number of sulfonamides is 1. The van der Waals surface area contributed by atoms with E-state index in [9.17, 15) is 8.42 Å². The van der Waals surface area contributed by atoms with E-state index in [1.54, 1.807) is 18.5 Å². The van der Waals surface area contributed by atoms with Crippen LogP contribution >= 0.6 is 0 Å². The lowest BCUT2D eigenvalue weighted by molar-refractivity contribution is -0.0346. The molecule has 4 aromatic rings. The van der Waals surface area contributed by atoms with Gasteiger partial charge in [-0.1, -0.05) is 6.92 Å². The molecule has 1 aliphatic heterocycles. The second-order valence-electron chi connectivity index (χ2n) is 8.65. The number of morpholine rings is 1. The largest absolute Gasteiger partial charge is 0.480 e. The van der Waals surface area contributed by atoms with E-state index < -0.39 is 10.0 Å². The van der Waals surface area contributed by atoms with Gasteiger partial charge in [-0.2, -0.15) is 5.10 Å². The smallest absolute Gasteiger partial charge is 0.248 e. The lowest BCUT2D eigenvalue weighted by atomic mass is 10.0. The van der Waals surface area contributed by atoms with Crippen molar-refractivity contribution in [3.63, 3.8) is 0 Å². The monoisotopic (exact) mass is 513 g/mol. The first-order valence-corrected chi connectivity index (χ1v) is 13.4. The van der Waals surface area contributed by atoms with Crippen LogP contribution in [0.15, 0.2) is 35.0 Å². The lowest BCUT2D eigenvalue weighted by Gasteiger charge is -2.31. The van der Waals surface area contributed by atoms with E-state index in [0.29, 0.717) is 36.1 Å². The molecule has 13 heteroatoms. The van der Waals surface area contributed by atoms with Gasteiger partial charge in [0.2, 0.25) is 27.7 Å². The predicted molar refractivity (Wildman–Crippen MR) is 133 cm³/mol. The highest BCUT2D eigenvalue weighted by atomic mass is 32.2. The molecule has 0 spiro atoms. The third-order valence-corrected chi connectivity index (χ3v) is 6.56. The molecule has 1 fully saturated rings. The number of anilines is 1. The molecule has 5 rings (SSSR count). The van der Waals surface area contributed by atoms with Gasteiger partial charge < -0.3 is 13.9 Å². The summed E-state index contributed by atoms with van der Waals surface area (Å²) in [5, 5.41) is 16.5. The van der Waals surface area contributed by atoms with Gasteiger partial charge in [-0.25, -0.2) is 13.4 Å². The highest BCUT2D eigenvalue weighted by molar-refractivity contribution is 7.92. The summed E-state index contributed by atoms with van der Waals surface area (Å²) < 4.78 is 43.1. The zero-order valence-corrected chi connectivity index (χ0v) is 21.0. The van der Waals surface area contributed by atoms with E-state index in [4.69, 9.17) is 13.9 Å². The van der Waals surface area contributed by atoms with Crippen LogP contribution in [0.2, 0.25) is 0 Å². The first-order chi connectivity index (χ1) is 17.3. The molecule has 1 unspecified atom stereocenters. The summed E-state index contributed by atoms with van der Waals surface area (Å²) in [7, 11) is -2.10. The number of methoxy groups -OCH3 is 1. The number of benzene rings is 1. The van der Waals surface area contributed by atoms with Gasteiger partial charge in [-0.05, 0) is 30.2 Å². The summed E-state index contributed by atoms with van der Waals surface area (Å²) in [6.07, 6.45) is 5.55. The minimum atomic E-state index is -3.53. The van der Waals surface area contributed by atoms with Crippen LogP contribution in [0.25, 0.3) is 33.5 Å². The molecule has 4 heterocycles. The molecule has 0 saturated carbocycles. The summed E-state index contributed by atoms with van der Waals surface area (Å²) in [6.45, 7) is 4.97. The standard InChI is InChI=1S/C23H27N7O5S/c1-4-16-12-30(5-6-34-16)13-21-27-28-22(35-21)17-7-14(8-19-18(17)11-25-26-19)15-9-20(29-36(3,31)32)23(33-2)24-10-15/h7-11,16,29H,4-6,12-13H2,1-3H3,(H,25,26). The fourth-order valence-corrected chi connectivity index (χ4v) is 4.77. The average molecular weight is 514 g/mol. The molecule has 12 nitrogen and oxygen atoms in total. The SMILES string of the molecule is CCC1CN(Cc2nnc(-c3cc(-c4cnc(OC)c(NS(C)(=O)=O)c4)cc4[nH]ncc34)o2)CCO1. The van der Waals surface area contributed by atoms with Crippen molar-refractivity contribution in [2.45, 2.75) is 26.0 Å². The van der Waals surface area contributed by atoms with Crippen molar-refractivity contribution in [1.82, 2.24) is 30.3 Å². The molecule has 36 heavy (non-hydrogen) atoms. The van der Waals surface area contributed by atoms with Crippen LogP contribution in [-0.2, 0) is 21.3 Å². The maximum atomic E-state index is 11.8. The Kier molecular flexibility index (Phi) is 6.60. The summed E-state index contributed by atoms with van der Waals surface area (Å²) in [5.41, 5.74) is 3.12. The Labute approximate surface area is 208 Å². The number of ether oxygens (including phenoxy) is 2. The maximum absolute atomic E-state index is 11.8. The van der Waals surface area contributed by atoms with Gasteiger partial charge in [-0.3, -0.25) is 14.7 Å². The second-order valence-corrected chi connectivity index (χ2v) is 10.4. The molecule has 1 aromatic carbocycles. The highest BCUT2D eigenvalue weighted by Gasteiger charge is 2.22. The van der Waals surface area contributed by atoms with E-state index >= 15 is 0 Å². The number of nitrogens with zero attached hydrogens (tertiary/aromatic N) is 5. The zero-order chi connectivity index (χ0) is 25.3. The van der Waals surface area contributed by atoms with Crippen molar-refractivity contribution in [2.75, 3.05) is 37.8 Å². The Bertz CT molecular complexity index is 1480. The zero-order valence-electron chi connectivity index (χ0n) is 20.2. The van der Waals surface area contributed by atoms with Crippen molar-refractivity contribution in [3.8, 4) is 28.5 Å². The van der Waals surface area contributed by atoms with Crippen molar-refractivity contribution in [3.05, 3.63) is 36.5 Å². The second kappa shape index (κ2) is 9.84. The van der Waals surface area contributed by atoms with E-state index in [0.717, 1.165) is 42.2 Å². The normalized spacial score (nSPS) is 16.9. The quantitative estimate of drug-likeness (QED) is 0.360. The van der Waals surface area contributed by atoms with E-state index in [-0.39, 0.29) is 17.7 Å². The molecule has 0 bridgehead atoms. The van der Waals surface area contributed by atoms with Gasteiger partial charge in [0, 0.05) is 30.2 Å². The molecular formula is C23H27N7O5S. The molecule has 0 radical (unpaired) electrons. The first kappa shape index (κ1) is 24.2. The van der Waals surface area contributed by atoms with Crippen LogP contribution in [0, 0.1) is 0 Å². The number of nitrogens with one attached hydrogen (secondary N) is 2. The Morgan fingerprint density at radius 3 is 2.86 bits per heavy atom. The van der Waals surface area contributed by atoms with Crippen LogP contribution < -0.4 is 9.46 Å². The van der Waals surface area contributed by atoms with Crippen LogP contribution in [0.5, 0.6) is 5.88 Å². The average Bonchev–Trinajstić information content (AvgIpc) is 3.52. The molecule has 1 atom stereocenters. The van der Waals surface area contributed by atoms with Gasteiger partial charge in [-0.15, -0.1) is 10.2 Å². The molecule has 0 amide bonds. The molecule has 2 N–H and O–H groups in total. The Morgan fingerprint density at radius 1 is 1.22 bits per heavy atom. The maximum Gasteiger partial charge on any atom is 0.248 e. The summed E-state index contributed by atoms with van der Waals surface area (Å²) >= 11 is 0. The van der Waals surface area contributed by atoms with Gasteiger partial charge in [0.05, 0.1) is 49.9 Å². The number of rotatable bonds is 8. The van der Waals surface area contributed by atoms with Gasteiger partial charge in [0.25, 0.3) is 0 Å². The molecule has 3 aromatic heterocycles. The van der Waals surface area contributed by atoms with Crippen LogP contribution in [0.3, 0.4) is 0 Å². The fourth-order valence-electron chi connectivity index (χ4n) is 4.23. The summed E-state index contributed by atoms with van der Waals surface area (Å²) in [4.78, 5) is 6.52. The highest BCUT2D eigenvalue weighted by Crippen LogP contribution is 2.35. The van der Waals surface area contributed by atoms with Gasteiger partial charge in [0.1, 0.15) is 5.69 Å². The minimum Gasteiger partial charge on any atom is -0.480 e. The van der Waals surface area contributed by atoms with Crippen molar-refractivity contribution in [2.24, 2.45) is 0 Å². The Balaban J connectivity index is 1.49. The minimum absolute atomic E-state index is 0.169. The topological polar surface area (TPSA) is 148 Å². The van der Waals surface area contributed by atoms with Crippen molar-refractivity contribution < 1.29 is 22.3 Å². The third kappa shape index (κ3) is 5.17. The van der Waals surface area contributed by atoms with Crippen molar-refractivity contribution in [1.29, 1.82) is 0 Å². The molecule has 190 valence electrons. The van der Waals surface area contributed by atoms with Gasteiger partial charge >= 0.3 is 0 Å². The van der Waals surface area contributed by atoms with Crippen LogP contribution in [0.4, 0.5) is 5.69 Å². The van der Waals surface area contributed by atoms with Crippen molar-refractivity contribution >= 4 is 26.6 Å². The molecule has 1 saturated heterocycles. The third-order valence-electron chi connectivity index (χ3n) is 5.97. The number of H-pyrrole nitrogens is 1. The van der Waals surface area contributed by atoms with E-state index in [1.807, 2.05) is 12.1 Å². The number of aromatic amines is 1. The van der Waals surface area contributed by atoms with E-state index in [1.165, 1.54) is 7.11 Å². The van der Waals surface area contributed by atoms with Gasteiger partial charge in [0.15, 0.2) is 0 Å². The number of hydrogen-bond acceptors (Lipinski definition) is 10. The molecule has 1 aliphatic rings. The fraction of sp³-hybridized carbons (Fsp3) is 0.391. The number of hydrogen-bond donors (Lipinski definition) is 2.